The van der Waals surface area contributed by atoms with Crippen LogP contribution < -0.4 is 5.73 Å². The third-order valence-electron chi connectivity index (χ3n) is 2.12. The van der Waals surface area contributed by atoms with Gasteiger partial charge in [-0.25, -0.2) is 0 Å². The van der Waals surface area contributed by atoms with Gasteiger partial charge in [-0.3, -0.25) is 0 Å². The van der Waals surface area contributed by atoms with E-state index in [0.717, 1.165) is 0 Å². The SMILES string of the molecule is Cc1cc([C@H](N)C(C)(C)C)sc1Br. The van der Waals surface area contributed by atoms with Gasteiger partial charge in [0.2, 0.25) is 0 Å². The van der Waals surface area contributed by atoms with Gasteiger partial charge >= 0.3 is 0 Å². The monoisotopic (exact) mass is 261 g/mol. The summed E-state index contributed by atoms with van der Waals surface area (Å²) in [6.07, 6.45) is 0. The van der Waals surface area contributed by atoms with Crippen LogP contribution in [0.2, 0.25) is 0 Å². The minimum Gasteiger partial charge on any atom is -0.323 e. The van der Waals surface area contributed by atoms with E-state index >= 15 is 0 Å². The maximum absolute atomic E-state index is 6.14. The van der Waals surface area contributed by atoms with E-state index in [9.17, 15) is 0 Å². The van der Waals surface area contributed by atoms with Crippen LogP contribution >= 0.6 is 27.3 Å². The summed E-state index contributed by atoms with van der Waals surface area (Å²) in [5.41, 5.74) is 7.56. The topological polar surface area (TPSA) is 26.0 Å². The molecule has 1 aromatic rings. The first-order chi connectivity index (χ1) is 5.82. The summed E-state index contributed by atoms with van der Waals surface area (Å²) in [6.45, 7) is 8.60. The second kappa shape index (κ2) is 3.71. The van der Waals surface area contributed by atoms with Crippen molar-refractivity contribution in [3.05, 3.63) is 20.3 Å². The van der Waals surface area contributed by atoms with Crippen LogP contribution in [0.4, 0.5) is 0 Å². The Morgan fingerprint density at radius 3 is 2.31 bits per heavy atom. The number of hydrogen-bond acceptors (Lipinski definition) is 2. The second-order valence-electron chi connectivity index (χ2n) is 4.45. The molecule has 0 aliphatic heterocycles. The zero-order valence-electron chi connectivity index (χ0n) is 8.52. The van der Waals surface area contributed by atoms with Gasteiger partial charge in [-0.1, -0.05) is 20.8 Å². The van der Waals surface area contributed by atoms with Gasteiger partial charge in [0, 0.05) is 10.9 Å². The van der Waals surface area contributed by atoms with Gasteiger partial charge in [0.25, 0.3) is 0 Å². The molecule has 2 N–H and O–H groups in total. The zero-order chi connectivity index (χ0) is 10.2. The molecular formula is C10H16BrNS. The van der Waals surface area contributed by atoms with Gasteiger partial charge < -0.3 is 5.73 Å². The summed E-state index contributed by atoms with van der Waals surface area (Å²) in [5.74, 6) is 0. The Morgan fingerprint density at radius 2 is 2.00 bits per heavy atom. The molecule has 0 radical (unpaired) electrons. The molecule has 0 spiro atoms. The molecule has 1 atom stereocenters. The third kappa shape index (κ3) is 2.55. The molecule has 0 fully saturated rings. The molecule has 13 heavy (non-hydrogen) atoms. The van der Waals surface area contributed by atoms with Crippen molar-refractivity contribution in [3.8, 4) is 0 Å². The Labute approximate surface area is 92.5 Å². The number of nitrogens with two attached hydrogens (primary N) is 1. The summed E-state index contributed by atoms with van der Waals surface area (Å²) >= 11 is 5.26. The maximum Gasteiger partial charge on any atom is 0.0731 e. The molecule has 1 rings (SSSR count). The predicted molar refractivity (Wildman–Crippen MR) is 63.1 cm³/mol. The standard InChI is InChI=1S/C10H16BrNS/c1-6-5-7(13-9(6)11)8(12)10(2,3)4/h5,8H,12H2,1-4H3/t8-/m0/s1. The third-order valence-corrected chi connectivity index (χ3v) is 4.34. The van der Waals surface area contributed by atoms with Crippen molar-refractivity contribution < 1.29 is 0 Å². The molecule has 0 saturated carbocycles. The summed E-state index contributed by atoms with van der Waals surface area (Å²) in [4.78, 5) is 1.26. The van der Waals surface area contributed by atoms with Gasteiger partial charge in [-0.15, -0.1) is 11.3 Å². The quantitative estimate of drug-likeness (QED) is 0.817. The number of hydrogen-bond donors (Lipinski definition) is 1. The van der Waals surface area contributed by atoms with Crippen molar-refractivity contribution in [3.63, 3.8) is 0 Å². The van der Waals surface area contributed by atoms with E-state index in [2.05, 4.69) is 49.7 Å². The molecule has 1 nitrogen and oxygen atoms in total. The van der Waals surface area contributed by atoms with E-state index in [1.807, 2.05) is 0 Å². The van der Waals surface area contributed by atoms with Gasteiger partial charge in [-0.2, -0.15) is 0 Å². The fourth-order valence-electron chi connectivity index (χ4n) is 1.06. The highest BCUT2D eigenvalue weighted by molar-refractivity contribution is 9.11. The fraction of sp³-hybridized carbons (Fsp3) is 0.600. The molecule has 0 amide bonds. The molecule has 74 valence electrons. The van der Waals surface area contributed by atoms with E-state index in [1.54, 1.807) is 11.3 Å². The van der Waals surface area contributed by atoms with Crippen molar-refractivity contribution in [2.24, 2.45) is 11.1 Å². The van der Waals surface area contributed by atoms with Crippen molar-refractivity contribution in [2.45, 2.75) is 33.7 Å². The Hall–Kier alpha value is 0.140. The highest BCUT2D eigenvalue weighted by Gasteiger charge is 2.24. The normalized spacial score (nSPS) is 14.6. The van der Waals surface area contributed by atoms with Crippen LogP contribution in [-0.4, -0.2) is 0 Å². The van der Waals surface area contributed by atoms with Gasteiger partial charge in [0.15, 0.2) is 0 Å². The minimum atomic E-state index is 0.127. The smallest absolute Gasteiger partial charge is 0.0731 e. The maximum atomic E-state index is 6.14. The lowest BCUT2D eigenvalue weighted by Crippen LogP contribution is -2.25. The van der Waals surface area contributed by atoms with E-state index in [-0.39, 0.29) is 11.5 Å². The van der Waals surface area contributed by atoms with Crippen LogP contribution in [0, 0.1) is 12.3 Å². The second-order valence-corrected chi connectivity index (χ2v) is 6.85. The summed E-state index contributed by atoms with van der Waals surface area (Å²) < 4.78 is 1.20. The largest absolute Gasteiger partial charge is 0.323 e. The van der Waals surface area contributed by atoms with E-state index in [4.69, 9.17) is 5.73 Å². The lowest BCUT2D eigenvalue weighted by Gasteiger charge is -2.25. The number of rotatable bonds is 1. The molecule has 0 unspecified atom stereocenters. The van der Waals surface area contributed by atoms with Crippen LogP contribution in [0.5, 0.6) is 0 Å². The lowest BCUT2D eigenvalue weighted by molar-refractivity contribution is 0.331. The van der Waals surface area contributed by atoms with Crippen LogP contribution in [0.3, 0.4) is 0 Å². The van der Waals surface area contributed by atoms with Crippen molar-refractivity contribution >= 4 is 27.3 Å². The van der Waals surface area contributed by atoms with Crippen LogP contribution in [-0.2, 0) is 0 Å². The molecule has 0 aliphatic rings. The average molecular weight is 262 g/mol. The molecule has 0 aromatic carbocycles. The van der Waals surface area contributed by atoms with E-state index < -0.39 is 0 Å². The average Bonchev–Trinajstić information content (AvgIpc) is 2.29. The molecule has 0 aliphatic carbocycles. The van der Waals surface area contributed by atoms with E-state index in [1.165, 1.54) is 14.2 Å². The minimum absolute atomic E-state index is 0.127. The van der Waals surface area contributed by atoms with Crippen LogP contribution in [0.25, 0.3) is 0 Å². The van der Waals surface area contributed by atoms with E-state index in [0.29, 0.717) is 0 Å². The number of thiophene rings is 1. The van der Waals surface area contributed by atoms with Crippen molar-refractivity contribution in [2.75, 3.05) is 0 Å². The molecule has 3 heteroatoms. The zero-order valence-corrected chi connectivity index (χ0v) is 10.9. The first kappa shape index (κ1) is 11.2. The summed E-state index contributed by atoms with van der Waals surface area (Å²) in [7, 11) is 0. The number of aryl methyl sites for hydroxylation is 1. The fourth-order valence-corrected chi connectivity index (χ4v) is 2.88. The highest BCUT2D eigenvalue weighted by atomic mass is 79.9. The van der Waals surface area contributed by atoms with Gasteiger partial charge in [-0.05, 0) is 39.9 Å². The molecule has 0 bridgehead atoms. The van der Waals surface area contributed by atoms with Gasteiger partial charge in [0.1, 0.15) is 0 Å². The van der Waals surface area contributed by atoms with Crippen molar-refractivity contribution in [1.82, 2.24) is 0 Å². The lowest BCUT2D eigenvalue weighted by atomic mass is 9.86. The predicted octanol–water partition coefficient (Wildman–Crippen LogP) is 3.86. The Bertz CT molecular complexity index is 279. The first-order valence-electron chi connectivity index (χ1n) is 4.34. The summed E-state index contributed by atoms with van der Waals surface area (Å²) in [6, 6.07) is 2.30. The molecule has 0 saturated heterocycles. The molecular weight excluding hydrogens is 246 g/mol. The molecule has 1 heterocycles. The Morgan fingerprint density at radius 1 is 1.46 bits per heavy atom. The van der Waals surface area contributed by atoms with Crippen molar-refractivity contribution in [1.29, 1.82) is 0 Å². The number of halogens is 1. The summed E-state index contributed by atoms with van der Waals surface area (Å²) in [5, 5.41) is 0. The van der Waals surface area contributed by atoms with Gasteiger partial charge in [0.05, 0.1) is 3.79 Å². The highest BCUT2D eigenvalue weighted by Crippen LogP contribution is 2.37. The first-order valence-corrected chi connectivity index (χ1v) is 5.94. The van der Waals surface area contributed by atoms with Crippen LogP contribution in [0.1, 0.15) is 37.3 Å². The Kier molecular flexibility index (Phi) is 3.20. The Balaban J connectivity index is 2.96. The molecule has 1 aromatic heterocycles. The van der Waals surface area contributed by atoms with Crippen LogP contribution in [0.15, 0.2) is 9.85 Å².